The average Bonchev–Trinajstić information content (AvgIpc) is 3.94. The molecule has 1 aliphatic carbocycles. The molecular formula is C37H49Br2N7O3. The molecule has 2 aromatic rings. The van der Waals surface area contributed by atoms with E-state index < -0.39 is 6.04 Å². The molecule has 0 bridgehead atoms. The molecule has 12 heteroatoms. The molecule has 0 unspecified atom stereocenters. The molecule has 264 valence electrons. The van der Waals surface area contributed by atoms with E-state index in [9.17, 15) is 14.4 Å². The summed E-state index contributed by atoms with van der Waals surface area (Å²) < 4.78 is 1.51. The lowest BCUT2D eigenvalue weighted by atomic mass is 9.78. The third-order valence-corrected chi connectivity index (χ3v) is 12.9. The van der Waals surface area contributed by atoms with E-state index in [0.717, 1.165) is 63.5 Å². The van der Waals surface area contributed by atoms with Crippen LogP contribution in [0.2, 0.25) is 0 Å². The lowest BCUT2D eigenvalue weighted by Crippen LogP contribution is -2.57. The second-order valence-corrected chi connectivity index (χ2v) is 16.6. The predicted octanol–water partition coefficient (Wildman–Crippen LogP) is 6.29. The second-order valence-electron chi connectivity index (χ2n) is 14.9. The van der Waals surface area contributed by atoms with Crippen molar-refractivity contribution in [1.82, 2.24) is 24.9 Å². The molecule has 5 amide bonds. The number of nitrogens with two attached hydrogens (primary N) is 1. The largest absolute Gasteiger partial charge is 0.397 e. The zero-order valence-corrected chi connectivity index (χ0v) is 31.4. The third-order valence-electron chi connectivity index (χ3n) is 11.6. The summed E-state index contributed by atoms with van der Waals surface area (Å²) in [5, 5.41) is 6.15. The molecule has 0 aromatic heterocycles. The number of nitrogens with zero attached hydrogens (tertiary/aromatic N) is 4. The maximum atomic E-state index is 14.2. The van der Waals surface area contributed by atoms with Gasteiger partial charge in [0.05, 0.1) is 5.69 Å². The van der Waals surface area contributed by atoms with Gasteiger partial charge in [0, 0.05) is 66.4 Å². The molecule has 5 aliphatic rings. The summed E-state index contributed by atoms with van der Waals surface area (Å²) in [5.74, 6) is 2.35. The summed E-state index contributed by atoms with van der Waals surface area (Å²) in [6.45, 7) is 6.81. The molecule has 10 nitrogen and oxygen atoms in total. The summed E-state index contributed by atoms with van der Waals surface area (Å²) in [4.78, 5) is 49.2. The van der Waals surface area contributed by atoms with Gasteiger partial charge in [-0.05, 0) is 143 Å². The van der Waals surface area contributed by atoms with Gasteiger partial charge in [-0.15, -0.1) is 0 Å². The number of piperidine rings is 3. The van der Waals surface area contributed by atoms with Gasteiger partial charge >= 0.3 is 12.1 Å². The summed E-state index contributed by atoms with van der Waals surface area (Å²) in [6, 6.07) is 10.8. The highest BCUT2D eigenvalue weighted by atomic mass is 79.9. The van der Waals surface area contributed by atoms with Crippen molar-refractivity contribution in [3.8, 4) is 0 Å². The van der Waals surface area contributed by atoms with Gasteiger partial charge in [-0.25, -0.2) is 9.59 Å². The fourth-order valence-electron chi connectivity index (χ4n) is 8.41. The van der Waals surface area contributed by atoms with Crippen LogP contribution in [-0.4, -0.2) is 95.5 Å². The Hall–Kier alpha value is -2.83. The number of hydrogen-bond acceptors (Lipinski definition) is 5. The van der Waals surface area contributed by atoms with Gasteiger partial charge in [0.15, 0.2) is 0 Å². The minimum Gasteiger partial charge on any atom is -0.397 e. The summed E-state index contributed by atoms with van der Waals surface area (Å²) in [7, 11) is 0. The number of fused-ring (bicyclic) bond motifs is 1. The number of hydrogen-bond donors (Lipinski definition) is 3. The van der Waals surface area contributed by atoms with E-state index in [0.29, 0.717) is 50.5 Å². The number of likely N-dealkylation sites (tertiary alicyclic amines) is 3. The zero-order valence-electron chi connectivity index (χ0n) is 28.2. The molecule has 4 N–H and O–H groups in total. The summed E-state index contributed by atoms with van der Waals surface area (Å²) in [6.07, 6.45) is 9.17. The Morgan fingerprint density at radius 1 is 0.857 bits per heavy atom. The Kier molecular flexibility index (Phi) is 10.7. The molecule has 7 rings (SSSR count). The van der Waals surface area contributed by atoms with Crippen LogP contribution in [0.25, 0.3) is 0 Å². The molecule has 2 aromatic carbocycles. The predicted molar refractivity (Wildman–Crippen MR) is 199 cm³/mol. The first-order valence-corrected chi connectivity index (χ1v) is 19.8. The van der Waals surface area contributed by atoms with Gasteiger partial charge in [-0.3, -0.25) is 4.79 Å². The number of para-hydroxylation sites is 1. The molecule has 4 heterocycles. The number of rotatable bonds is 8. The van der Waals surface area contributed by atoms with Crippen LogP contribution in [0.3, 0.4) is 0 Å². The van der Waals surface area contributed by atoms with Crippen molar-refractivity contribution in [2.24, 2.45) is 17.8 Å². The minimum absolute atomic E-state index is 0.0198. The lowest BCUT2D eigenvalue weighted by Gasteiger charge is -2.42. The quantitative estimate of drug-likeness (QED) is 0.272. The molecule has 1 saturated carbocycles. The average molecular weight is 800 g/mol. The van der Waals surface area contributed by atoms with Crippen LogP contribution in [-0.2, 0) is 17.8 Å². The van der Waals surface area contributed by atoms with Crippen LogP contribution < -0.4 is 16.4 Å². The number of halogens is 2. The maximum Gasteiger partial charge on any atom is 0.322 e. The number of nitrogen functional groups attached to an aromatic ring is 1. The van der Waals surface area contributed by atoms with Crippen LogP contribution in [0.4, 0.5) is 21.0 Å². The maximum absolute atomic E-state index is 14.2. The Morgan fingerprint density at radius 2 is 1.47 bits per heavy atom. The van der Waals surface area contributed by atoms with Crippen molar-refractivity contribution in [2.45, 2.75) is 76.4 Å². The SMILES string of the molecule is Nc1c(Br)cc(C[C@H](NC(=O)N2CCC(N3Cc4ccccc4NC3=O)CC2)C(=O)N2CCC(C3CCN(CC4CC4)CC3)CC2)cc1Br. The molecular weight excluding hydrogens is 750 g/mol. The molecule has 3 saturated heterocycles. The molecule has 0 radical (unpaired) electrons. The van der Waals surface area contributed by atoms with Gasteiger partial charge in [0.2, 0.25) is 5.91 Å². The van der Waals surface area contributed by atoms with Gasteiger partial charge in [0.25, 0.3) is 0 Å². The van der Waals surface area contributed by atoms with Crippen LogP contribution >= 0.6 is 31.9 Å². The standard InChI is InChI=1S/C37H49Br2N7O3/c38-30-19-25(20-31(39)34(30)40)21-33(35(47)44-15-9-27(10-16-44)26-7-13-43(14-8-26)22-24-5-6-24)42-36(48)45-17-11-29(12-18-45)46-23-28-3-1-2-4-32(28)41-37(46)49/h1-4,19-20,24,26-27,29,33H,5-18,21-23,40H2,(H,41,49)(H,42,48)/t33-/m0/s1. The molecule has 4 fully saturated rings. The summed E-state index contributed by atoms with van der Waals surface area (Å²) in [5.41, 5.74) is 9.64. The van der Waals surface area contributed by atoms with Crippen molar-refractivity contribution in [3.05, 3.63) is 56.5 Å². The first-order valence-electron chi connectivity index (χ1n) is 18.2. The highest BCUT2D eigenvalue weighted by Gasteiger charge is 2.37. The smallest absolute Gasteiger partial charge is 0.322 e. The molecule has 1 atom stereocenters. The van der Waals surface area contributed by atoms with Crippen molar-refractivity contribution < 1.29 is 14.4 Å². The van der Waals surface area contributed by atoms with Crippen molar-refractivity contribution in [2.75, 3.05) is 56.9 Å². The highest BCUT2D eigenvalue weighted by molar-refractivity contribution is 9.11. The van der Waals surface area contributed by atoms with Crippen LogP contribution in [0.1, 0.15) is 62.5 Å². The van der Waals surface area contributed by atoms with E-state index in [4.69, 9.17) is 5.73 Å². The third kappa shape index (κ3) is 8.22. The Bertz CT molecular complexity index is 1510. The first kappa shape index (κ1) is 34.6. The van der Waals surface area contributed by atoms with Gasteiger partial charge in [-0.1, -0.05) is 18.2 Å². The number of urea groups is 2. The fourth-order valence-corrected chi connectivity index (χ4v) is 9.69. The van der Waals surface area contributed by atoms with Crippen LogP contribution in [0.5, 0.6) is 0 Å². The lowest BCUT2D eigenvalue weighted by molar-refractivity contribution is -0.135. The molecule has 49 heavy (non-hydrogen) atoms. The van der Waals surface area contributed by atoms with Crippen LogP contribution in [0.15, 0.2) is 45.3 Å². The Labute approximate surface area is 306 Å². The number of carbonyl (C=O) groups is 3. The van der Waals surface area contributed by atoms with Crippen molar-refractivity contribution in [1.29, 1.82) is 0 Å². The highest BCUT2D eigenvalue weighted by Crippen LogP contribution is 2.36. The summed E-state index contributed by atoms with van der Waals surface area (Å²) >= 11 is 7.09. The number of benzene rings is 2. The Morgan fingerprint density at radius 3 is 2.12 bits per heavy atom. The Balaban J connectivity index is 0.961. The second kappa shape index (κ2) is 15.2. The van der Waals surface area contributed by atoms with Gasteiger partial charge < -0.3 is 36.0 Å². The van der Waals surface area contributed by atoms with Crippen molar-refractivity contribution in [3.63, 3.8) is 0 Å². The van der Waals surface area contributed by atoms with E-state index in [1.54, 1.807) is 4.90 Å². The number of anilines is 2. The monoisotopic (exact) mass is 797 g/mol. The minimum atomic E-state index is -0.695. The van der Waals surface area contributed by atoms with E-state index in [-0.39, 0.29) is 24.0 Å². The zero-order chi connectivity index (χ0) is 34.1. The van der Waals surface area contributed by atoms with Gasteiger partial charge in [0.1, 0.15) is 6.04 Å². The van der Waals surface area contributed by atoms with Crippen LogP contribution in [0, 0.1) is 17.8 Å². The normalized spacial score (nSPS) is 22.1. The number of carbonyl (C=O) groups excluding carboxylic acids is 3. The van der Waals surface area contributed by atoms with E-state index in [1.165, 1.54) is 45.3 Å². The topological polar surface area (TPSA) is 114 Å². The fraction of sp³-hybridized carbons (Fsp3) is 0.595. The van der Waals surface area contributed by atoms with Gasteiger partial charge in [-0.2, -0.15) is 0 Å². The van der Waals surface area contributed by atoms with E-state index in [2.05, 4.69) is 47.4 Å². The molecule has 0 spiro atoms. The molecule has 4 aliphatic heterocycles. The van der Waals surface area contributed by atoms with Crippen molar-refractivity contribution >= 4 is 61.2 Å². The van der Waals surface area contributed by atoms with E-state index in [1.807, 2.05) is 46.2 Å². The number of nitrogens with one attached hydrogen (secondary N) is 2. The first-order chi connectivity index (χ1) is 23.7. The number of amides is 5. The van der Waals surface area contributed by atoms with E-state index >= 15 is 0 Å².